The zero-order valence-electron chi connectivity index (χ0n) is 22.8. The molecule has 38 heavy (non-hydrogen) atoms. The Balaban J connectivity index is 1.51. The van der Waals surface area contributed by atoms with Crippen molar-refractivity contribution in [2.24, 2.45) is 5.92 Å². The molecule has 2 aliphatic rings. The van der Waals surface area contributed by atoms with E-state index in [0.717, 1.165) is 55.3 Å². The maximum Gasteiger partial charge on any atom is 0.320 e. The van der Waals surface area contributed by atoms with Gasteiger partial charge < -0.3 is 15.0 Å². The average Bonchev–Trinajstić information content (AvgIpc) is 2.91. The van der Waals surface area contributed by atoms with Crippen LogP contribution < -0.4 is 10.9 Å². The molecule has 2 aliphatic carbocycles. The summed E-state index contributed by atoms with van der Waals surface area (Å²) in [5.74, 6) is -0.766. The van der Waals surface area contributed by atoms with Crippen LogP contribution in [0, 0.1) is 5.92 Å². The van der Waals surface area contributed by atoms with Crippen molar-refractivity contribution in [3.8, 4) is 0 Å². The van der Waals surface area contributed by atoms with E-state index >= 15 is 0 Å². The van der Waals surface area contributed by atoms with Crippen LogP contribution in [0.3, 0.4) is 0 Å². The van der Waals surface area contributed by atoms with Gasteiger partial charge in [0.05, 0.1) is 0 Å². The molecule has 1 aromatic carbocycles. The van der Waals surface area contributed by atoms with E-state index in [1.54, 1.807) is 6.92 Å². The monoisotopic (exact) mass is 521 g/mol. The topological polar surface area (TPSA) is 91.6 Å². The van der Waals surface area contributed by atoms with E-state index in [9.17, 15) is 19.5 Å². The number of carbonyl (C=O) groups is 2. The Kier molecular flexibility index (Phi) is 10.2. The van der Waals surface area contributed by atoms with E-state index in [1.807, 2.05) is 45.9 Å². The number of hydrogen-bond donors (Lipinski definition) is 2. The van der Waals surface area contributed by atoms with Crippen LogP contribution in [0.4, 0.5) is 0 Å². The van der Waals surface area contributed by atoms with E-state index in [2.05, 4.69) is 5.32 Å². The van der Waals surface area contributed by atoms with Crippen molar-refractivity contribution in [1.82, 2.24) is 14.8 Å². The fourth-order valence-electron chi connectivity index (χ4n) is 6.01. The largest absolute Gasteiger partial charge is 0.480 e. The smallest absolute Gasteiger partial charge is 0.320 e. The second-order valence-electron chi connectivity index (χ2n) is 11.1. The lowest BCUT2D eigenvalue weighted by molar-refractivity contribution is -0.142. The van der Waals surface area contributed by atoms with Crippen molar-refractivity contribution in [2.75, 3.05) is 13.1 Å². The normalized spacial score (nSPS) is 17.3. The van der Waals surface area contributed by atoms with E-state index in [4.69, 9.17) is 0 Å². The molecule has 1 unspecified atom stereocenters. The Hall–Kier alpha value is -2.93. The Labute approximate surface area is 226 Å². The summed E-state index contributed by atoms with van der Waals surface area (Å²) in [5.41, 5.74) is 3.35. The number of carboxylic acids is 1. The van der Waals surface area contributed by atoms with Crippen LogP contribution in [0.25, 0.3) is 0 Å². The lowest BCUT2D eigenvalue weighted by Crippen LogP contribution is -2.44. The predicted octanol–water partition coefficient (Wildman–Crippen LogP) is 4.79. The summed E-state index contributed by atoms with van der Waals surface area (Å²) in [6, 6.07) is 10.9. The van der Waals surface area contributed by atoms with Gasteiger partial charge in [0, 0.05) is 31.9 Å². The van der Waals surface area contributed by atoms with Crippen LogP contribution in [-0.4, -0.2) is 45.6 Å². The number of carboxylic acid groups (broad SMARTS) is 1. The van der Waals surface area contributed by atoms with E-state index < -0.39 is 12.0 Å². The second kappa shape index (κ2) is 13.7. The summed E-state index contributed by atoms with van der Waals surface area (Å²) < 4.78 is 1.94. The summed E-state index contributed by atoms with van der Waals surface area (Å²) in [4.78, 5) is 40.6. The van der Waals surface area contributed by atoms with Gasteiger partial charge in [0.2, 0.25) is 0 Å². The summed E-state index contributed by atoms with van der Waals surface area (Å²) in [7, 11) is 0. The van der Waals surface area contributed by atoms with Gasteiger partial charge in [-0.3, -0.25) is 19.3 Å². The molecule has 7 heteroatoms. The number of hydrogen-bond acceptors (Lipinski definition) is 4. The molecule has 1 heterocycles. The maximum atomic E-state index is 13.7. The van der Waals surface area contributed by atoms with Gasteiger partial charge in [-0.1, -0.05) is 62.4 Å². The van der Waals surface area contributed by atoms with Gasteiger partial charge in [0.15, 0.2) is 0 Å². The molecule has 0 saturated heterocycles. The van der Waals surface area contributed by atoms with Crippen molar-refractivity contribution >= 4 is 11.9 Å². The zero-order chi connectivity index (χ0) is 26.9. The third kappa shape index (κ3) is 7.34. The number of benzene rings is 1. The van der Waals surface area contributed by atoms with Crippen LogP contribution >= 0.6 is 0 Å². The number of nitrogens with zero attached hydrogens (tertiary/aromatic N) is 2. The fourth-order valence-corrected chi connectivity index (χ4v) is 6.01. The minimum atomic E-state index is -0.903. The van der Waals surface area contributed by atoms with Gasteiger partial charge >= 0.3 is 5.97 Å². The summed E-state index contributed by atoms with van der Waals surface area (Å²) in [5, 5.41) is 12.5. The van der Waals surface area contributed by atoms with Gasteiger partial charge in [0.25, 0.3) is 11.5 Å². The van der Waals surface area contributed by atoms with Crippen LogP contribution in [-0.2, 0) is 30.7 Å². The van der Waals surface area contributed by atoms with Crippen LogP contribution in [0.2, 0.25) is 0 Å². The van der Waals surface area contributed by atoms with E-state index in [1.165, 1.54) is 32.1 Å². The third-order valence-corrected chi connectivity index (χ3v) is 8.33. The molecule has 4 rings (SSSR count). The molecule has 1 amide bonds. The molecular weight excluding hydrogens is 478 g/mol. The number of rotatable bonds is 10. The minimum absolute atomic E-state index is 0.174. The van der Waals surface area contributed by atoms with Gasteiger partial charge in [0.1, 0.15) is 11.6 Å². The summed E-state index contributed by atoms with van der Waals surface area (Å²) in [6.07, 6.45) is 12.4. The maximum absolute atomic E-state index is 13.7. The number of carbonyl (C=O) groups excluding carboxylic acids is 1. The molecule has 1 atom stereocenters. The van der Waals surface area contributed by atoms with Crippen molar-refractivity contribution < 1.29 is 14.7 Å². The van der Waals surface area contributed by atoms with Crippen molar-refractivity contribution in [1.29, 1.82) is 0 Å². The van der Waals surface area contributed by atoms with Crippen molar-refractivity contribution in [2.45, 2.75) is 96.7 Å². The quantitative estimate of drug-likeness (QED) is 0.469. The number of aliphatic carboxylic acids is 1. The Morgan fingerprint density at radius 2 is 1.71 bits per heavy atom. The molecule has 7 nitrogen and oxygen atoms in total. The average molecular weight is 522 g/mol. The molecule has 1 saturated carbocycles. The van der Waals surface area contributed by atoms with Crippen LogP contribution in [0.5, 0.6) is 0 Å². The van der Waals surface area contributed by atoms with Crippen molar-refractivity contribution in [3.05, 3.63) is 69.1 Å². The van der Waals surface area contributed by atoms with Crippen molar-refractivity contribution in [3.63, 3.8) is 0 Å². The van der Waals surface area contributed by atoms with E-state index in [0.29, 0.717) is 25.6 Å². The van der Waals surface area contributed by atoms with Crippen LogP contribution in [0.15, 0.2) is 41.2 Å². The molecule has 0 radical (unpaired) electrons. The Morgan fingerprint density at radius 3 is 2.42 bits per heavy atom. The number of amides is 1. The van der Waals surface area contributed by atoms with Gasteiger partial charge in [-0.25, -0.2) is 0 Å². The van der Waals surface area contributed by atoms with Gasteiger partial charge in [-0.15, -0.1) is 0 Å². The number of nitrogens with one attached hydrogen (secondary N) is 1. The summed E-state index contributed by atoms with van der Waals surface area (Å²) in [6.45, 7) is 3.48. The standard InChI is InChI=1S/C31H43N3O4/c1-23(31(37)38)33(21-24-12-6-4-7-13-24)19-18-32-29(35)27-20-26-16-10-2-3-11-17-28(26)34(30(27)36)22-25-14-8-5-9-15-25/h4,6-7,12-13,20,23,25H,2-3,5,8-11,14-19,21-22H2,1H3,(H,32,35)(H,37,38). The Bertz CT molecular complexity index is 1140. The molecule has 0 aliphatic heterocycles. The van der Waals surface area contributed by atoms with Crippen LogP contribution in [0.1, 0.15) is 91.9 Å². The highest BCUT2D eigenvalue weighted by atomic mass is 16.4. The highest BCUT2D eigenvalue weighted by Crippen LogP contribution is 2.27. The molecular formula is C31H43N3O4. The fraction of sp³-hybridized carbons (Fsp3) is 0.581. The molecule has 0 spiro atoms. The first-order valence-electron chi connectivity index (χ1n) is 14.5. The van der Waals surface area contributed by atoms with Gasteiger partial charge in [-0.2, -0.15) is 0 Å². The SMILES string of the molecule is CC(C(=O)O)N(CCNC(=O)c1cc2c(n(CC3CCCCC3)c1=O)CCCCCC2)Cc1ccccc1. The van der Waals surface area contributed by atoms with Gasteiger partial charge in [-0.05, 0) is 68.6 Å². The molecule has 2 N–H and O–H groups in total. The first-order chi connectivity index (χ1) is 18.4. The first kappa shape index (κ1) is 28.1. The lowest BCUT2D eigenvalue weighted by atomic mass is 9.88. The molecule has 2 aromatic rings. The highest BCUT2D eigenvalue weighted by molar-refractivity contribution is 5.94. The molecule has 1 fully saturated rings. The number of aromatic nitrogens is 1. The minimum Gasteiger partial charge on any atom is -0.480 e. The lowest BCUT2D eigenvalue weighted by Gasteiger charge is -2.27. The number of fused-ring (bicyclic) bond motifs is 1. The zero-order valence-corrected chi connectivity index (χ0v) is 22.8. The Morgan fingerprint density at radius 1 is 1.03 bits per heavy atom. The number of aryl methyl sites for hydroxylation is 1. The third-order valence-electron chi connectivity index (χ3n) is 8.33. The number of pyridine rings is 1. The molecule has 0 bridgehead atoms. The predicted molar refractivity (Wildman–Crippen MR) is 149 cm³/mol. The summed E-state index contributed by atoms with van der Waals surface area (Å²) >= 11 is 0. The van der Waals surface area contributed by atoms with E-state index in [-0.39, 0.29) is 23.6 Å². The first-order valence-corrected chi connectivity index (χ1v) is 14.5. The molecule has 1 aromatic heterocycles. The molecule has 206 valence electrons. The highest BCUT2D eigenvalue weighted by Gasteiger charge is 2.24. The second-order valence-corrected chi connectivity index (χ2v) is 11.1.